The van der Waals surface area contributed by atoms with Crippen LogP contribution >= 0.6 is 23.2 Å². The Morgan fingerprint density at radius 1 is 1.47 bits per heavy atom. The third-order valence-electron chi connectivity index (χ3n) is 1.75. The van der Waals surface area contributed by atoms with Crippen molar-refractivity contribution >= 4 is 29.1 Å². The van der Waals surface area contributed by atoms with Gasteiger partial charge in [-0.2, -0.15) is 0 Å². The van der Waals surface area contributed by atoms with E-state index in [1.807, 2.05) is 0 Å². The molecule has 0 radical (unpaired) electrons. The Hall–Kier alpha value is -0.770. The van der Waals surface area contributed by atoms with Gasteiger partial charge in [-0.3, -0.25) is 4.79 Å². The van der Waals surface area contributed by atoms with E-state index >= 15 is 0 Å². The average molecular weight is 248 g/mol. The predicted octanol–water partition coefficient (Wildman–Crippen LogP) is 2.10. The summed E-state index contributed by atoms with van der Waals surface area (Å²) in [6, 6.07) is 4.84. The van der Waals surface area contributed by atoms with Crippen molar-refractivity contribution in [2.45, 2.75) is 13.0 Å². The van der Waals surface area contributed by atoms with Gasteiger partial charge in [-0.05, 0) is 19.1 Å². The van der Waals surface area contributed by atoms with Crippen molar-refractivity contribution in [2.24, 2.45) is 0 Å². The zero-order chi connectivity index (χ0) is 11.4. The lowest BCUT2D eigenvalue weighted by molar-refractivity contribution is 0.0924. The molecule has 0 saturated heterocycles. The molecule has 1 atom stereocenters. The number of hydrogen-bond donors (Lipinski definition) is 2. The van der Waals surface area contributed by atoms with E-state index in [9.17, 15) is 4.79 Å². The maximum Gasteiger partial charge on any atom is 0.254 e. The Morgan fingerprint density at radius 3 is 2.47 bits per heavy atom. The highest BCUT2D eigenvalue weighted by atomic mass is 35.5. The first-order valence-electron chi connectivity index (χ1n) is 4.42. The number of carbonyl (C=O) groups is 1. The molecule has 3 nitrogen and oxygen atoms in total. The van der Waals surface area contributed by atoms with E-state index in [0.717, 1.165) is 0 Å². The molecule has 0 aliphatic rings. The number of rotatable bonds is 3. The number of amides is 1. The van der Waals surface area contributed by atoms with Gasteiger partial charge in [0.1, 0.15) is 0 Å². The normalized spacial score (nSPS) is 12.3. The molecule has 0 aromatic heterocycles. The van der Waals surface area contributed by atoms with Crippen LogP contribution < -0.4 is 5.32 Å². The number of aliphatic hydroxyl groups excluding tert-OH is 1. The molecule has 1 amide bonds. The molecule has 15 heavy (non-hydrogen) atoms. The fourth-order valence-electron chi connectivity index (χ4n) is 1.04. The third-order valence-corrected chi connectivity index (χ3v) is 2.38. The van der Waals surface area contributed by atoms with Crippen LogP contribution in [0, 0.1) is 0 Å². The number of aliphatic hydroxyl groups is 1. The zero-order valence-corrected chi connectivity index (χ0v) is 9.64. The van der Waals surface area contributed by atoms with E-state index < -0.39 is 6.10 Å². The molecular formula is C10H11Cl2NO2. The van der Waals surface area contributed by atoms with Crippen LogP contribution in [0.1, 0.15) is 17.3 Å². The average Bonchev–Trinajstić information content (AvgIpc) is 2.14. The molecule has 0 spiro atoms. The summed E-state index contributed by atoms with van der Waals surface area (Å²) in [5.41, 5.74) is 0.237. The fraction of sp³-hybridized carbons (Fsp3) is 0.300. The Balaban J connectivity index is 2.82. The molecule has 1 aromatic carbocycles. The highest BCUT2D eigenvalue weighted by Crippen LogP contribution is 2.23. The molecule has 0 fully saturated rings. The minimum Gasteiger partial charge on any atom is -0.392 e. The first kappa shape index (κ1) is 12.3. The lowest BCUT2D eigenvalue weighted by Gasteiger charge is -2.09. The van der Waals surface area contributed by atoms with Gasteiger partial charge in [-0.15, -0.1) is 0 Å². The third kappa shape index (κ3) is 3.38. The van der Waals surface area contributed by atoms with Crippen molar-refractivity contribution in [1.29, 1.82) is 0 Å². The lowest BCUT2D eigenvalue weighted by Crippen LogP contribution is -2.30. The van der Waals surface area contributed by atoms with E-state index in [1.165, 1.54) is 0 Å². The van der Waals surface area contributed by atoms with Crippen molar-refractivity contribution in [3.63, 3.8) is 0 Å². The summed E-state index contributed by atoms with van der Waals surface area (Å²) in [6.07, 6.45) is -0.602. The van der Waals surface area contributed by atoms with Crippen molar-refractivity contribution in [1.82, 2.24) is 5.32 Å². The molecule has 5 heteroatoms. The number of hydrogen-bond acceptors (Lipinski definition) is 2. The first-order valence-corrected chi connectivity index (χ1v) is 5.18. The molecule has 0 aliphatic heterocycles. The molecule has 0 heterocycles. The smallest absolute Gasteiger partial charge is 0.254 e. The van der Waals surface area contributed by atoms with Crippen LogP contribution in [-0.2, 0) is 0 Å². The van der Waals surface area contributed by atoms with Gasteiger partial charge in [-0.1, -0.05) is 29.3 Å². The molecule has 82 valence electrons. The summed E-state index contributed by atoms with van der Waals surface area (Å²) in [4.78, 5) is 11.6. The SMILES string of the molecule is CC(O)CNC(=O)c1c(Cl)cccc1Cl. The van der Waals surface area contributed by atoms with Crippen LogP contribution in [0.5, 0.6) is 0 Å². The quantitative estimate of drug-likeness (QED) is 0.860. The molecule has 1 unspecified atom stereocenters. The van der Waals surface area contributed by atoms with Gasteiger partial charge in [0.05, 0.1) is 21.7 Å². The molecule has 0 saturated carbocycles. The largest absolute Gasteiger partial charge is 0.392 e. The molecule has 0 aliphatic carbocycles. The number of benzene rings is 1. The minimum absolute atomic E-state index is 0.167. The summed E-state index contributed by atoms with van der Waals surface area (Å²) < 4.78 is 0. The highest BCUT2D eigenvalue weighted by molar-refractivity contribution is 6.39. The van der Waals surface area contributed by atoms with Crippen LogP contribution in [0.3, 0.4) is 0 Å². The maximum atomic E-state index is 11.6. The number of nitrogens with one attached hydrogen (secondary N) is 1. The van der Waals surface area contributed by atoms with Crippen molar-refractivity contribution in [3.8, 4) is 0 Å². The summed E-state index contributed by atoms with van der Waals surface area (Å²) in [5.74, 6) is -0.383. The van der Waals surface area contributed by atoms with E-state index in [-0.39, 0.29) is 18.0 Å². The molecule has 2 N–H and O–H groups in total. The number of carbonyl (C=O) groups excluding carboxylic acids is 1. The van der Waals surface area contributed by atoms with Crippen molar-refractivity contribution in [3.05, 3.63) is 33.8 Å². The van der Waals surface area contributed by atoms with E-state index in [1.54, 1.807) is 25.1 Å². The van der Waals surface area contributed by atoms with Crippen molar-refractivity contribution in [2.75, 3.05) is 6.54 Å². The molecular weight excluding hydrogens is 237 g/mol. The summed E-state index contributed by atoms with van der Waals surface area (Å²) in [5, 5.41) is 12.1. The van der Waals surface area contributed by atoms with E-state index in [0.29, 0.717) is 10.0 Å². The Labute approximate surface area is 98.0 Å². The van der Waals surface area contributed by atoms with Gasteiger partial charge in [0.25, 0.3) is 5.91 Å². The standard InChI is InChI=1S/C10H11Cl2NO2/c1-6(14)5-13-10(15)9-7(11)3-2-4-8(9)12/h2-4,6,14H,5H2,1H3,(H,13,15). The van der Waals surface area contributed by atoms with Crippen LogP contribution in [0.2, 0.25) is 10.0 Å². The van der Waals surface area contributed by atoms with Gasteiger partial charge in [0.15, 0.2) is 0 Å². The van der Waals surface area contributed by atoms with Crippen LogP contribution in [0.4, 0.5) is 0 Å². The van der Waals surface area contributed by atoms with E-state index in [4.69, 9.17) is 28.3 Å². The molecule has 1 aromatic rings. The van der Waals surface area contributed by atoms with E-state index in [2.05, 4.69) is 5.32 Å². The maximum absolute atomic E-state index is 11.6. The van der Waals surface area contributed by atoms with Gasteiger partial charge >= 0.3 is 0 Å². The molecule has 1 rings (SSSR count). The Kier molecular flexibility index (Phi) is 4.39. The van der Waals surface area contributed by atoms with Gasteiger partial charge in [-0.25, -0.2) is 0 Å². The minimum atomic E-state index is -0.602. The van der Waals surface area contributed by atoms with Gasteiger partial charge in [0, 0.05) is 6.54 Å². The second-order valence-electron chi connectivity index (χ2n) is 3.16. The Morgan fingerprint density at radius 2 is 2.00 bits per heavy atom. The summed E-state index contributed by atoms with van der Waals surface area (Å²) in [7, 11) is 0. The second-order valence-corrected chi connectivity index (χ2v) is 3.97. The lowest BCUT2D eigenvalue weighted by atomic mass is 10.2. The number of halogens is 2. The topological polar surface area (TPSA) is 49.3 Å². The Bertz CT molecular complexity index is 346. The van der Waals surface area contributed by atoms with Gasteiger partial charge < -0.3 is 10.4 Å². The first-order chi connectivity index (χ1) is 7.02. The monoisotopic (exact) mass is 247 g/mol. The van der Waals surface area contributed by atoms with Crippen molar-refractivity contribution < 1.29 is 9.90 Å². The summed E-state index contributed by atoms with van der Waals surface area (Å²) >= 11 is 11.7. The van der Waals surface area contributed by atoms with Gasteiger partial charge in [0.2, 0.25) is 0 Å². The van der Waals surface area contributed by atoms with Crippen LogP contribution in [0.25, 0.3) is 0 Å². The zero-order valence-electron chi connectivity index (χ0n) is 8.13. The predicted molar refractivity (Wildman–Crippen MR) is 60.5 cm³/mol. The highest BCUT2D eigenvalue weighted by Gasteiger charge is 2.14. The second kappa shape index (κ2) is 5.35. The molecule has 0 bridgehead atoms. The van der Waals surface area contributed by atoms with Crippen LogP contribution in [0.15, 0.2) is 18.2 Å². The van der Waals surface area contributed by atoms with Crippen LogP contribution in [-0.4, -0.2) is 23.7 Å². The summed E-state index contributed by atoms with van der Waals surface area (Å²) in [6.45, 7) is 1.74. The fourth-order valence-corrected chi connectivity index (χ4v) is 1.61.